The Labute approximate surface area is 114 Å². The summed E-state index contributed by atoms with van der Waals surface area (Å²) < 4.78 is 0. The van der Waals surface area contributed by atoms with Gasteiger partial charge in [-0.3, -0.25) is 4.79 Å². The van der Waals surface area contributed by atoms with Crippen LogP contribution in [0.1, 0.15) is 0 Å². The molecule has 0 saturated carbocycles. The molecule has 3 nitrogen and oxygen atoms in total. The quantitative estimate of drug-likeness (QED) is 0.725. The molecule has 0 aliphatic rings. The van der Waals surface area contributed by atoms with Crippen molar-refractivity contribution in [3.8, 4) is 11.3 Å². The van der Waals surface area contributed by atoms with E-state index in [1.165, 1.54) is 4.90 Å². The molecular formula is C15H12N2OS. The Morgan fingerprint density at radius 3 is 2.37 bits per heavy atom. The topological polar surface area (TPSA) is 45.8 Å². The second-order valence-corrected chi connectivity index (χ2v) is 5.06. The zero-order valence-electron chi connectivity index (χ0n) is 10.4. The largest absolute Gasteiger partial charge is 0.272 e. The third-order valence-corrected chi connectivity index (χ3v) is 3.80. The number of hydrogen-bond acceptors (Lipinski definition) is 3. The Hall–Kier alpha value is -2.07. The number of rotatable bonds is 2. The maximum atomic E-state index is 11.7. The number of nitrogens with one attached hydrogen (secondary N) is 1. The SMILES string of the molecule is CSc1ccc(-c2n[nH]c(=O)c3ccccc23)cc1. The number of aromatic nitrogens is 2. The highest BCUT2D eigenvalue weighted by Gasteiger charge is 2.07. The Kier molecular flexibility index (Phi) is 3.09. The molecule has 0 unspecified atom stereocenters. The summed E-state index contributed by atoms with van der Waals surface area (Å²) in [5.41, 5.74) is 1.66. The second-order valence-electron chi connectivity index (χ2n) is 4.18. The average Bonchev–Trinajstić information content (AvgIpc) is 2.48. The minimum Gasteiger partial charge on any atom is -0.267 e. The van der Waals surface area contributed by atoms with E-state index in [0.29, 0.717) is 5.39 Å². The number of aromatic amines is 1. The standard InChI is InChI=1S/C15H12N2OS/c1-19-11-8-6-10(7-9-11)14-12-4-2-3-5-13(12)15(18)17-16-14/h2-9H,1H3,(H,17,18). The van der Waals surface area contributed by atoms with Crippen molar-refractivity contribution in [3.05, 3.63) is 58.9 Å². The molecule has 1 heterocycles. The normalized spacial score (nSPS) is 10.8. The van der Waals surface area contributed by atoms with Crippen LogP contribution in [-0.4, -0.2) is 16.5 Å². The lowest BCUT2D eigenvalue weighted by atomic mass is 10.1. The maximum absolute atomic E-state index is 11.7. The van der Waals surface area contributed by atoms with Gasteiger partial charge in [0.25, 0.3) is 5.56 Å². The molecule has 0 bridgehead atoms. The molecule has 19 heavy (non-hydrogen) atoms. The Bertz CT molecular complexity index is 778. The van der Waals surface area contributed by atoms with E-state index < -0.39 is 0 Å². The zero-order valence-corrected chi connectivity index (χ0v) is 11.2. The van der Waals surface area contributed by atoms with E-state index in [2.05, 4.69) is 22.3 Å². The van der Waals surface area contributed by atoms with Crippen molar-refractivity contribution in [2.45, 2.75) is 4.90 Å². The van der Waals surface area contributed by atoms with Crippen LogP contribution < -0.4 is 5.56 Å². The van der Waals surface area contributed by atoms with Crippen LogP contribution in [-0.2, 0) is 0 Å². The van der Waals surface area contributed by atoms with E-state index >= 15 is 0 Å². The summed E-state index contributed by atoms with van der Waals surface area (Å²) >= 11 is 1.70. The Morgan fingerprint density at radius 2 is 1.68 bits per heavy atom. The molecule has 0 radical (unpaired) electrons. The highest BCUT2D eigenvalue weighted by Crippen LogP contribution is 2.25. The molecule has 3 aromatic rings. The highest BCUT2D eigenvalue weighted by atomic mass is 32.2. The minimum atomic E-state index is -0.153. The van der Waals surface area contributed by atoms with Gasteiger partial charge >= 0.3 is 0 Å². The van der Waals surface area contributed by atoms with Crippen LogP contribution in [0.15, 0.2) is 58.2 Å². The third-order valence-electron chi connectivity index (χ3n) is 3.06. The predicted molar refractivity (Wildman–Crippen MR) is 79.6 cm³/mol. The van der Waals surface area contributed by atoms with Crippen molar-refractivity contribution in [2.75, 3.05) is 6.26 Å². The fourth-order valence-electron chi connectivity index (χ4n) is 2.08. The number of hydrogen-bond donors (Lipinski definition) is 1. The van der Waals surface area contributed by atoms with Crippen LogP contribution >= 0.6 is 11.8 Å². The molecule has 94 valence electrons. The van der Waals surface area contributed by atoms with E-state index in [0.717, 1.165) is 16.6 Å². The lowest BCUT2D eigenvalue weighted by Gasteiger charge is -2.05. The van der Waals surface area contributed by atoms with E-state index in [4.69, 9.17) is 0 Å². The van der Waals surface area contributed by atoms with Crippen LogP contribution in [0, 0.1) is 0 Å². The monoisotopic (exact) mass is 268 g/mol. The Morgan fingerprint density at radius 1 is 1.00 bits per heavy atom. The van der Waals surface area contributed by atoms with Crippen molar-refractivity contribution in [1.29, 1.82) is 0 Å². The van der Waals surface area contributed by atoms with E-state index in [-0.39, 0.29) is 5.56 Å². The first kappa shape index (κ1) is 12.0. The number of thioether (sulfide) groups is 1. The molecule has 3 rings (SSSR count). The van der Waals surface area contributed by atoms with Crippen LogP contribution in [0.3, 0.4) is 0 Å². The van der Waals surface area contributed by atoms with Crippen molar-refractivity contribution in [2.24, 2.45) is 0 Å². The molecule has 0 atom stereocenters. The smallest absolute Gasteiger partial charge is 0.267 e. The van der Waals surface area contributed by atoms with Gasteiger partial charge in [-0.25, -0.2) is 5.10 Å². The van der Waals surface area contributed by atoms with Crippen molar-refractivity contribution < 1.29 is 0 Å². The molecule has 0 spiro atoms. The molecular weight excluding hydrogens is 256 g/mol. The summed E-state index contributed by atoms with van der Waals surface area (Å²) in [5, 5.41) is 8.29. The number of H-pyrrole nitrogens is 1. The number of fused-ring (bicyclic) bond motifs is 1. The van der Waals surface area contributed by atoms with Gasteiger partial charge in [0, 0.05) is 15.8 Å². The van der Waals surface area contributed by atoms with E-state index in [1.54, 1.807) is 11.8 Å². The highest BCUT2D eigenvalue weighted by molar-refractivity contribution is 7.98. The summed E-state index contributed by atoms with van der Waals surface area (Å²) in [6, 6.07) is 15.7. The maximum Gasteiger partial charge on any atom is 0.272 e. The zero-order chi connectivity index (χ0) is 13.2. The van der Waals surface area contributed by atoms with Crippen molar-refractivity contribution in [3.63, 3.8) is 0 Å². The predicted octanol–water partition coefficient (Wildman–Crippen LogP) is 3.31. The lowest BCUT2D eigenvalue weighted by molar-refractivity contribution is 1.02. The van der Waals surface area contributed by atoms with Gasteiger partial charge in [0.1, 0.15) is 0 Å². The van der Waals surface area contributed by atoms with Gasteiger partial charge in [-0.05, 0) is 24.5 Å². The van der Waals surface area contributed by atoms with Crippen LogP contribution in [0.4, 0.5) is 0 Å². The van der Waals surface area contributed by atoms with E-state index in [1.807, 2.05) is 42.7 Å². The minimum absolute atomic E-state index is 0.153. The number of nitrogens with zero attached hydrogens (tertiary/aromatic N) is 1. The first-order valence-electron chi connectivity index (χ1n) is 5.91. The molecule has 0 amide bonds. The fourth-order valence-corrected chi connectivity index (χ4v) is 2.49. The molecule has 0 aliphatic carbocycles. The molecule has 2 aromatic carbocycles. The Balaban J connectivity index is 2.24. The van der Waals surface area contributed by atoms with Gasteiger partial charge in [0.05, 0.1) is 11.1 Å². The van der Waals surface area contributed by atoms with Gasteiger partial charge in [-0.15, -0.1) is 11.8 Å². The molecule has 0 fully saturated rings. The van der Waals surface area contributed by atoms with Crippen molar-refractivity contribution >= 4 is 22.5 Å². The fraction of sp³-hybridized carbons (Fsp3) is 0.0667. The van der Waals surface area contributed by atoms with Gasteiger partial charge in [0.2, 0.25) is 0 Å². The lowest BCUT2D eigenvalue weighted by Crippen LogP contribution is -2.09. The summed E-state index contributed by atoms with van der Waals surface area (Å²) in [4.78, 5) is 12.9. The van der Waals surface area contributed by atoms with Crippen molar-refractivity contribution in [1.82, 2.24) is 10.2 Å². The summed E-state index contributed by atoms with van der Waals surface area (Å²) in [7, 11) is 0. The molecule has 1 N–H and O–H groups in total. The summed E-state index contributed by atoms with van der Waals surface area (Å²) in [5.74, 6) is 0. The second kappa shape index (κ2) is 4.90. The van der Waals surface area contributed by atoms with E-state index in [9.17, 15) is 4.79 Å². The molecule has 0 aliphatic heterocycles. The van der Waals surface area contributed by atoms with Crippen LogP contribution in [0.25, 0.3) is 22.0 Å². The summed E-state index contributed by atoms with van der Waals surface area (Å²) in [6.45, 7) is 0. The van der Waals surface area contributed by atoms with Crippen LogP contribution in [0.5, 0.6) is 0 Å². The number of benzene rings is 2. The van der Waals surface area contributed by atoms with Gasteiger partial charge in [-0.1, -0.05) is 30.3 Å². The van der Waals surface area contributed by atoms with Crippen LogP contribution in [0.2, 0.25) is 0 Å². The van der Waals surface area contributed by atoms with Gasteiger partial charge < -0.3 is 0 Å². The first-order chi connectivity index (χ1) is 9.29. The average molecular weight is 268 g/mol. The molecule has 4 heteroatoms. The van der Waals surface area contributed by atoms with Gasteiger partial charge in [-0.2, -0.15) is 5.10 Å². The molecule has 1 aromatic heterocycles. The first-order valence-corrected chi connectivity index (χ1v) is 7.14. The molecule has 0 saturated heterocycles. The van der Waals surface area contributed by atoms with Gasteiger partial charge in [0.15, 0.2) is 0 Å². The third kappa shape index (κ3) is 2.15. The summed E-state index contributed by atoms with van der Waals surface area (Å²) in [6.07, 6.45) is 2.04.